The number of aryl methyl sites for hydroxylation is 1. The van der Waals surface area contributed by atoms with E-state index in [2.05, 4.69) is 9.88 Å². The van der Waals surface area contributed by atoms with Crippen molar-refractivity contribution in [3.05, 3.63) is 47.3 Å². The van der Waals surface area contributed by atoms with E-state index in [1.54, 1.807) is 6.07 Å². The van der Waals surface area contributed by atoms with Crippen LogP contribution in [0.2, 0.25) is 0 Å². The molecule has 6 rings (SSSR count). The van der Waals surface area contributed by atoms with Gasteiger partial charge in [-0.2, -0.15) is 0 Å². The minimum atomic E-state index is -1.33. The number of carboxylic acid groups (broad SMARTS) is 1. The summed E-state index contributed by atoms with van der Waals surface area (Å²) in [6, 6.07) is 7.56. The van der Waals surface area contributed by atoms with Gasteiger partial charge in [0.2, 0.25) is 0 Å². The summed E-state index contributed by atoms with van der Waals surface area (Å²) >= 11 is 0. The number of nitrogens with zero attached hydrogens (tertiary/aromatic N) is 4. The smallest absolute Gasteiger partial charge is 0.405 e. The van der Waals surface area contributed by atoms with E-state index in [9.17, 15) is 18.4 Å². The van der Waals surface area contributed by atoms with Gasteiger partial charge < -0.3 is 29.2 Å². The molecule has 0 saturated heterocycles. The first-order valence-corrected chi connectivity index (χ1v) is 13.0. The molecule has 0 radical (unpaired) electrons. The molecule has 1 saturated carbocycles. The van der Waals surface area contributed by atoms with Gasteiger partial charge in [0.15, 0.2) is 5.82 Å². The summed E-state index contributed by atoms with van der Waals surface area (Å²) in [4.78, 5) is 30.7. The molecular formula is C28H29F2N5O4. The van der Waals surface area contributed by atoms with Crippen molar-refractivity contribution in [2.45, 2.75) is 31.8 Å². The summed E-state index contributed by atoms with van der Waals surface area (Å²) in [6.07, 6.45) is 1.51. The summed E-state index contributed by atoms with van der Waals surface area (Å²) in [5.41, 5.74) is 4.51. The SMILES string of the molecule is COc1cc(F)cc2cc(-c3nc4cc5c(cc4n3C)CCN(CC(CF)NC(=O)O)C5=O)n(CC3CC3)c12. The Kier molecular flexibility index (Phi) is 6.16. The zero-order chi connectivity index (χ0) is 27.4. The van der Waals surface area contributed by atoms with Gasteiger partial charge in [0, 0.05) is 43.7 Å². The Morgan fingerprint density at radius 2 is 2.05 bits per heavy atom. The molecule has 11 heteroatoms. The summed E-state index contributed by atoms with van der Waals surface area (Å²) in [6.45, 7) is 0.177. The monoisotopic (exact) mass is 537 g/mol. The molecule has 1 atom stereocenters. The Labute approximate surface area is 223 Å². The minimum Gasteiger partial charge on any atom is -0.494 e. The Balaban J connectivity index is 1.42. The second-order valence-corrected chi connectivity index (χ2v) is 10.4. The molecule has 1 aliphatic heterocycles. The number of rotatable bonds is 8. The van der Waals surface area contributed by atoms with Crippen molar-refractivity contribution in [3.8, 4) is 17.3 Å². The normalized spacial score (nSPS) is 16.1. The number of fused-ring (bicyclic) bond motifs is 3. The average Bonchev–Trinajstić information content (AvgIpc) is 3.58. The van der Waals surface area contributed by atoms with Crippen LogP contribution in [-0.2, 0) is 20.0 Å². The Morgan fingerprint density at radius 1 is 1.26 bits per heavy atom. The average molecular weight is 538 g/mol. The van der Waals surface area contributed by atoms with E-state index in [1.807, 2.05) is 23.7 Å². The molecule has 2 amide bonds. The number of halogens is 2. The molecule has 0 spiro atoms. The highest BCUT2D eigenvalue weighted by Crippen LogP contribution is 2.40. The van der Waals surface area contributed by atoms with E-state index < -0.39 is 18.8 Å². The molecule has 3 heterocycles. The number of carbonyl (C=O) groups excluding carboxylic acids is 1. The zero-order valence-corrected chi connectivity index (χ0v) is 21.7. The quantitative estimate of drug-likeness (QED) is 0.348. The molecule has 1 unspecified atom stereocenters. The van der Waals surface area contributed by atoms with Crippen LogP contribution in [0.25, 0.3) is 33.5 Å². The highest BCUT2D eigenvalue weighted by atomic mass is 19.1. The van der Waals surface area contributed by atoms with Crippen molar-refractivity contribution >= 4 is 33.9 Å². The third kappa shape index (κ3) is 4.45. The number of hydrogen-bond acceptors (Lipinski definition) is 4. The number of carbonyl (C=O) groups is 2. The molecule has 204 valence electrons. The third-order valence-corrected chi connectivity index (χ3v) is 7.74. The maximum absolute atomic E-state index is 14.4. The number of imidazole rings is 1. The van der Waals surface area contributed by atoms with Crippen LogP contribution in [0.3, 0.4) is 0 Å². The molecule has 39 heavy (non-hydrogen) atoms. The lowest BCUT2D eigenvalue weighted by Crippen LogP contribution is -2.48. The summed E-state index contributed by atoms with van der Waals surface area (Å²) in [5.74, 6) is 1.06. The number of methoxy groups -OCH3 is 1. The molecule has 2 aromatic carbocycles. The molecule has 1 aliphatic carbocycles. The fraction of sp³-hybridized carbons (Fsp3) is 0.393. The standard InChI is InChI=1S/C28H29F2N5O4/c1-33-22-8-16-5-6-34(14-19(12-29)31-28(37)38)27(36)20(16)11-21(22)32-26(33)23-9-17-7-18(30)10-24(39-2)25(17)35(23)13-15-3-4-15/h7-11,15,19,31H,3-6,12-14H2,1-2H3,(H,37,38). The van der Waals surface area contributed by atoms with Crippen LogP contribution in [0, 0.1) is 11.7 Å². The maximum Gasteiger partial charge on any atom is 0.405 e. The summed E-state index contributed by atoms with van der Waals surface area (Å²) in [7, 11) is 3.46. The van der Waals surface area contributed by atoms with Gasteiger partial charge in [-0.3, -0.25) is 4.79 Å². The Bertz CT molecular complexity index is 1620. The second-order valence-electron chi connectivity index (χ2n) is 10.4. The van der Waals surface area contributed by atoms with Gasteiger partial charge in [-0.25, -0.2) is 18.6 Å². The van der Waals surface area contributed by atoms with Gasteiger partial charge in [-0.05, 0) is 55.0 Å². The Hall–Kier alpha value is -4.15. The first-order chi connectivity index (χ1) is 18.8. The fourth-order valence-corrected chi connectivity index (χ4v) is 5.62. The third-order valence-electron chi connectivity index (χ3n) is 7.74. The largest absolute Gasteiger partial charge is 0.494 e. The lowest BCUT2D eigenvalue weighted by atomic mass is 9.97. The Morgan fingerprint density at radius 3 is 2.74 bits per heavy atom. The van der Waals surface area contributed by atoms with Gasteiger partial charge in [-0.15, -0.1) is 0 Å². The van der Waals surface area contributed by atoms with Gasteiger partial charge >= 0.3 is 6.09 Å². The van der Waals surface area contributed by atoms with Crippen molar-refractivity contribution in [3.63, 3.8) is 0 Å². The van der Waals surface area contributed by atoms with Crippen molar-refractivity contribution in [1.29, 1.82) is 0 Å². The van der Waals surface area contributed by atoms with Crippen LogP contribution in [0.4, 0.5) is 13.6 Å². The van der Waals surface area contributed by atoms with Crippen LogP contribution in [0.15, 0.2) is 30.3 Å². The number of nitrogens with one attached hydrogen (secondary N) is 1. The van der Waals surface area contributed by atoms with Gasteiger partial charge in [0.05, 0.1) is 35.4 Å². The molecule has 2 N–H and O–H groups in total. The number of ether oxygens (including phenoxy) is 1. The van der Waals surface area contributed by atoms with E-state index >= 15 is 0 Å². The van der Waals surface area contributed by atoms with Crippen molar-refractivity contribution < 1.29 is 28.2 Å². The van der Waals surface area contributed by atoms with Crippen LogP contribution in [0.5, 0.6) is 5.75 Å². The van der Waals surface area contributed by atoms with Crippen LogP contribution < -0.4 is 10.1 Å². The molecule has 2 aliphatic rings. The number of alkyl halides is 1. The summed E-state index contributed by atoms with van der Waals surface area (Å²) < 4.78 is 37.4. The van der Waals surface area contributed by atoms with Crippen LogP contribution in [0.1, 0.15) is 28.8 Å². The minimum absolute atomic E-state index is 0.0494. The fourth-order valence-electron chi connectivity index (χ4n) is 5.62. The highest BCUT2D eigenvalue weighted by molar-refractivity contribution is 6.01. The van der Waals surface area contributed by atoms with Gasteiger partial charge in [0.1, 0.15) is 18.2 Å². The number of aromatic nitrogens is 3. The lowest BCUT2D eigenvalue weighted by Gasteiger charge is -2.31. The molecule has 2 aromatic heterocycles. The molecule has 4 aromatic rings. The van der Waals surface area contributed by atoms with Crippen LogP contribution in [-0.4, -0.2) is 69.0 Å². The van der Waals surface area contributed by atoms with E-state index in [1.165, 1.54) is 24.1 Å². The van der Waals surface area contributed by atoms with E-state index in [-0.39, 0.29) is 18.3 Å². The van der Waals surface area contributed by atoms with Crippen molar-refractivity contribution in [1.82, 2.24) is 24.3 Å². The molecule has 1 fully saturated rings. The molecule has 0 bridgehead atoms. The van der Waals surface area contributed by atoms with Crippen LogP contribution >= 0.6 is 0 Å². The maximum atomic E-state index is 14.4. The predicted octanol–water partition coefficient (Wildman–Crippen LogP) is 4.36. The van der Waals surface area contributed by atoms with Gasteiger partial charge in [-0.1, -0.05) is 0 Å². The topological polar surface area (TPSA) is 102 Å². The zero-order valence-electron chi connectivity index (χ0n) is 21.7. The number of amides is 2. The van der Waals surface area contributed by atoms with E-state index in [0.717, 1.165) is 47.1 Å². The number of hydrogen-bond donors (Lipinski definition) is 2. The lowest BCUT2D eigenvalue weighted by molar-refractivity contribution is 0.0714. The van der Waals surface area contributed by atoms with E-state index in [0.29, 0.717) is 41.5 Å². The van der Waals surface area contributed by atoms with Gasteiger partial charge in [0.25, 0.3) is 5.91 Å². The molecule has 9 nitrogen and oxygen atoms in total. The predicted molar refractivity (Wildman–Crippen MR) is 141 cm³/mol. The second kappa shape index (κ2) is 9.55. The number of benzene rings is 2. The molecular weight excluding hydrogens is 508 g/mol. The summed E-state index contributed by atoms with van der Waals surface area (Å²) in [5, 5.41) is 11.8. The van der Waals surface area contributed by atoms with Crippen molar-refractivity contribution in [2.24, 2.45) is 13.0 Å². The first-order valence-electron chi connectivity index (χ1n) is 13.0. The van der Waals surface area contributed by atoms with Crippen molar-refractivity contribution in [2.75, 3.05) is 26.9 Å². The highest BCUT2D eigenvalue weighted by Gasteiger charge is 2.30. The van der Waals surface area contributed by atoms with E-state index in [4.69, 9.17) is 14.8 Å². The first kappa shape index (κ1) is 25.1.